The largest absolute Gasteiger partial charge is 0.493 e. The third-order valence-corrected chi connectivity index (χ3v) is 5.88. The minimum Gasteiger partial charge on any atom is -0.493 e. The summed E-state index contributed by atoms with van der Waals surface area (Å²) in [6, 6.07) is 8.37. The highest BCUT2D eigenvalue weighted by Crippen LogP contribution is 2.31. The van der Waals surface area contributed by atoms with Crippen LogP contribution in [0.1, 0.15) is 36.1 Å². The molecule has 4 rings (SSSR count). The Hall–Kier alpha value is -2.65. The second kappa shape index (κ2) is 10.6. The van der Waals surface area contributed by atoms with Gasteiger partial charge >= 0.3 is 0 Å². The van der Waals surface area contributed by atoms with Gasteiger partial charge in [0.1, 0.15) is 18.1 Å². The molecule has 2 aliphatic heterocycles. The summed E-state index contributed by atoms with van der Waals surface area (Å²) >= 11 is 0. The smallest absolute Gasteiger partial charge is 0.192 e. The first-order valence-corrected chi connectivity index (χ1v) is 11.1. The molecule has 0 spiro atoms. The van der Waals surface area contributed by atoms with Gasteiger partial charge < -0.3 is 24.7 Å². The van der Waals surface area contributed by atoms with Gasteiger partial charge in [-0.25, -0.2) is 4.99 Å². The molecule has 1 aromatic heterocycles. The minimum absolute atomic E-state index is 0.164. The Bertz CT molecular complexity index is 876. The molecular formula is C22H33N7O2. The van der Waals surface area contributed by atoms with E-state index in [1.54, 1.807) is 0 Å². The zero-order valence-corrected chi connectivity index (χ0v) is 18.5. The number of aromatic nitrogens is 3. The van der Waals surface area contributed by atoms with Crippen LogP contribution in [0.25, 0.3) is 0 Å². The van der Waals surface area contributed by atoms with Crippen molar-refractivity contribution in [3.05, 3.63) is 41.5 Å². The van der Waals surface area contributed by atoms with Crippen LogP contribution in [-0.4, -0.2) is 71.6 Å². The molecule has 3 heterocycles. The molecule has 1 saturated heterocycles. The maximum Gasteiger partial charge on any atom is 0.192 e. The number of morpholine rings is 1. The van der Waals surface area contributed by atoms with Crippen LogP contribution in [0, 0.1) is 6.92 Å². The van der Waals surface area contributed by atoms with E-state index in [9.17, 15) is 0 Å². The Morgan fingerprint density at radius 2 is 2.03 bits per heavy atom. The molecule has 31 heavy (non-hydrogen) atoms. The minimum atomic E-state index is 0.164. The molecule has 2 aliphatic rings. The summed E-state index contributed by atoms with van der Waals surface area (Å²) in [5, 5.41) is 15.5. The van der Waals surface area contributed by atoms with Gasteiger partial charge in [-0.2, -0.15) is 0 Å². The van der Waals surface area contributed by atoms with Crippen molar-refractivity contribution in [1.29, 1.82) is 0 Å². The maximum absolute atomic E-state index is 5.81. The Morgan fingerprint density at radius 1 is 1.19 bits per heavy atom. The SMILES string of the molecule is Cc1nnc(CN=C(NCCCN2CCOCC2)NC2CCOc3ccccc32)n1C. The summed E-state index contributed by atoms with van der Waals surface area (Å²) < 4.78 is 13.2. The van der Waals surface area contributed by atoms with E-state index in [2.05, 4.69) is 37.9 Å². The number of nitrogens with zero attached hydrogens (tertiary/aromatic N) is 5. The number of rotatable bonds is 7. The topological polar surface area (TPSA) is 88.8 Å². The number of fused-ring (bicyclic) bond motifs is 1. The van der Waals surface area contributed by atoms with Crippen LogP contribution in [0.15, 0.2) is 29.3 Å². The predicted molar refractivity (Wildman–Crippen MR) is 119 cm³/mol. The molecule has 0 saturated carbocycles. The Kier molecular flexibility index (Phi) is 7.37. The molecule has 0 aliphatic carbocycles. The summed E-state index contributed by atoms with van der Waals surface area (Å²) in [6.07, 6.45) is 1.95. The molecule has 0 radical (unpaired) electrons. The van der Waals surface area contributed by atoms with Crippen molar-refractivity contribution in [2.75, 3.05) is 46.0 Å². The lowest BCUT2D eigenvalue weighted by molar-refractivity contribution is 0.0376. The highest BCUT2D eigenvalue weighted by Gasteiger charge is 2.22. The van der Waals surface area contributed by atoms with Gasteiger partial charge in [0.25, 0.3) is 0 Å². The van der Waals surface area contributed by atoms with E-state index < -0.39 is 0 Å². The van der Waals surface area contributed by atoms with Gasteiger partial charge in [0, 0.05) is 38.7 Å². The quantitative estimate of drug-likeness (QED) is 0.392. The molecule has 0 amide bonds. The Labute approximate surface area is 183 Å². The molecule has 9 nitrogen and oxygen atoms in total. The van der Waals surface area contributed by atoms with E-state index >= 15 is 0 Å². The van der Waals surface area contributed by atoms with Crippen LogP contribution in [0.3, 0.4) is 0 Å². The van der Waals surface area contributed by atoms with Crippen molar-refractivity contribution in [1.82, 2.24) is 30.3 Å². The monoisotopic (exact) mass is 427 g/mol. The van der Waals surface area contributed by atoms with Gasteiger partial charge in [-0.3, -0.25) is 4.90 Å². The normalized spacial score (nSPS) is 19.5. The Morgan fingerprint density at radius 3 is 2.84 bits per heavy atom. The van der Waals surface area contributed by atoms with Crippen LogP contribution in [0.5, 0.6) is 5.75 Å². The Balaban J connectivity index is 1.39. The number of guanidine groups is 1. The fraction of sp³-hybridized carbons (Fsp3) is 0.591. The van der Waals surface area contributed by atoms with Crippen LogP contribution in [-0.2, 0) is 18.3 Å². The van der Waals surface area contributed by atoms with Crippen LogP contribution in [0.4, 0.5) is 0 Å². The van der Waals surface area contributed by atoms with E-state index in [0.717, 1.165) is 75.6 Å². The molecule has 1 atom stereocenters. The number of hydrogen-bond donors (Lipinski definition) is 2. The fourth-order valence-electron chi connectivity index (χ4n) is 3.88. The molecule has 9 heteroatoms. The summed E-state index contributed by atoms with van der Waals surface area (Å²) in [4.78, 5) is 7.27. The molecule has 0 bridgehead atoms. The number of para-hydroxylation sites is 1. The number of aryl methyl sites for hydroxylation is 1. The number of hydrogen-bond acceptors (Lipinski definition) is 6. The summed E-state index contributed by atoms with van der Waals surface area (Å²) in [7, 11) is 1.97. The number of nitrogens with one attached hydrogen (secondary N) is 2. The summed E-state index contributed by atoms with van der Waals surface area (Å²) in [5.41, 5.74) is 1.17. The first-order chi connectivity index (χ1) is 15.2. The second-order valence-corrected chi connectivity index (χ2v) is 7.99. The first-order valence-electron chi connectivity index (χ1n) is 11.1. The van der Waals surface area contributed by atoms with Crippen molar-refractivity contribution in [2.45, 2.75) is 32.4 Å². The van der Waals surface area contributed by atoms with Gasteiger partial charge in [-0.05, 0) is 26.0 Å². The molecule has 1 fully saturated rings. The zero-order chi connectivity index (χ0) is 21.5. The predicted octanol–water partition coefficient (Wildman–Crippen LogP) is 1.40. The fourth-order valence-corrected chi connectivity index (χ4v) is 3.88. The van der Waals surface area contributed by atoms with Crippen LogP contribution >= 0.6 is 0 Å². The molecule has 2 N–H and O–H groups in total. The average Bonchev–Trinajstić information content (AvgIpc) is 3.13. The third kappa shape index (κ3) is 5.74. The van der Waals surface area contributed by atoms with Crippen molar-refractivity contribution >= 4 is 5.96 Å². The summed E-state index contributed by atoms with van der Waals surface area (Å²) in [5.74, 6) is 3.47. The molecule has 1 unspecified atom stereocenters. The van der Waals surface area contributed by atoms with Crippen molar-refractivity contribution in [2.24, 2.45) is 12.0 Å². The van der Waals surface area contributed by atoms with E-state index in [4.69, 9.17) is 14.5 Å². The average molecular weight is 428 g/mol. The molecule has 1 aromatic carbocycles. The van der Waals surface area contributed by atoms with Crippen LogP contribution in [0.2, 0.25) is 0 Å². The molecule has 2 aromatic rings. The van der Waals surface area contributed by atoms with Gasteiger partial charge in [0.15, 0.2) is 11.8 Å². The first kappa shape index (κ1) is 21.6. The lowest BCUT2D eigenvalue weighted by atomic mass is 10.0. The second-order valence-electron chi connectivity index (χ2n) is 7.99. The van der Waals surface area contributed by atoms with Gasteiger partial charge in [0.2, 0.25) is 0 Å². The van der Waals surface area contributed by atoms with Gasteiger partial charge in [-0.15, -0.1) is 10.2 Å². The van der Waals surface area contributed by atoms with Crippen molar-refractivity contribution in [3.8, 4) is 5.75 Å². The third-order valence-electron chi connectivity index (χ3n) is 5.88. The lowest BCUT2D eigenvalue weighted by Gasteiger charge is -2.28. The number of benzene rings is 1. The number of aliphatic imine (C=N–C) groups is 1. The highest BCUT2D eigenvalue weighted by molar-refractivity contribution is 5.80. The summed E-state index contributed by atoms with van der Waals surface area (Å²) in [6.45, 7) is 8.74. The van der Waals surface area contributed by atoms with E-state index in [1.807, 2.05) is 30.7 Å². The highest BCUT2D eigenvalue weighted by atomic mass is 16.5. The lowest BCUT2D eigenvalue weighted by Crippen LogP contribution is -2.43. The number of ether oxygens (including phenoxy) is 2. The maximum atomic E-state index is 5.81. The molecular weight excluding hydrogens is 394 g/mol. The van der Waals surface area contributed by atoms with E-state index in [-0.39, 0.29) is 6.04 Å². The van der Waals surface area contributed by atoms with Gasteiger partial charge in [-0.1, -0.05) is 18.2 Å². The van der Waals surface area contributed by atoms with Gasteiger partial charge in [0.05, 0.1) is 25.9 Å². The van der Waals surface area contributed by atoms with E-state index in [1.165, 1.54) is 5.56 Å². The van der Waals surface area contributed by atoms with Crippen LogP contribution < -0.4 is 15.4 Å². The van der Waals surface area contributed by atoms with E-state index in [0.29, 0.717) is 13.2 Å². The molecule has 168 valence electrons. The zero-order valence-electron chi connectivity index (χ0n) is 18.5. The van der Waals surface area contributed by atoms with Crippen molar-refractivity contribution < 1.29 is 9.47 Å². The standard InChI is InChI=1S/C22H33N7O2/c1-17-26-27-21(28(17)2)16-24-22(23-9-5-10-29-11-14-30-15-12-29)25-19-8-13-31-20-7-4-3-6-18(19)20/h3-4,6-7,19H,5,8-16H2,1-2H3,(H2,23,24,25). The van der Waals surface area contributed by atoms with Crippen molar-refractivity contribution in [3.63, 3.8) is 0 Å².